The number of amides is 1. The summed E-state index contributed by atoms with van der Waals surface area (Å²) in [6.45, 7) is 11.0. The van der Waals surface area contributed by atoms with Crippen molar-refractivity contribution in [3.8, 4) is 5.69 Å². The Morgan fingerprint density at radius 1 is 1.03 bits per heavy atom. The predicted molar refractivity (Wildman–Crippen MR) is 119 cm³/mol. The van der Waals surface area contributed by atoms with Crippen molar-refractivity contribution < 1.29 is 4.79 Å². The van der Waals surface area contributed by atoms with E-state index in [1.807, 2.05) is 66.9 Å². The van der Waals surface area contributed by atoms with Gasteiger partial charge in [-0.15, -0.1) is 0 Å². The van der Waals surface area contributed by atoms with Gasteiger partial charge in [-0.2, -0.15) is 5.10 Å². The molecule has 0 atom stereocenters. The fourth-order valence-corrected chi connectivity index (χ4v) is 3.87. The van der Waals surface area contributed by atoms with Gasteiger partial charge in [0.2, 0.25) is 5.91 Å². The van der Waals surface area contributed by atoms with Gasteiger partial charge in [0.1, 0.15) is 11.6 Å². The summed E-state index contributed by atoms with van der Waals surface area (Å²) in [5.41, 5.74) is 1.47. The predicted octanol–water partition coefficient (Wildman–Crippen LogP) is 3.46. The zero-order valence-electron chi connectivity index (χ0n) is 18.3. The summed E-state index contributed by atoms with van der Waals surface area (Å²) in [6.07, 6.45) is 3.67. The first-order valence-corrected chi connectivity index (χ1v) is 10.7. The minimum Gasteiger partial charge on any atom is -0.352 e. The summed E-state index contributed by atoms with van der Waals surface area (Å²) in [6, 6.07) is 10.1. The number of anilines is 1. The molecular weight excluding hydrogens is 376 g/mol. The quantitative estimate of drug-likeness (QED) is 0.664. The lowest BCUT2D eigenvalue weighted by Crippen LogP contribution is -2.52. The first-order chi connectivity index (χ1) is 14.4. The lowest BCUT2D eigenvalue weighted by Gasteiger charge is -2.38. The van der Waals surface area contributed by atoms with E-state index in [4.69, 9.17) is 9.97 Å². The largest absolute Gasteiger partial charge is 0.352 e. The van der Waals surface area contributed by atoms with Crippen molar-refractivity contribution in [2.24, 2.45) is 5.41 Å². The van der Waals surface area contributed by atoms with Crippen molar-refractivity contribution in [3.63, 3.8) is 0 Å². The maximum atomic E-state index is 12.6. The van der Waals surface area contributed by atoms with Gasteiger partial charge in [-0.25, -0.2) is 14.6 Å². The van der Waals surface area contributed by atoms with Gasteiger partial charge in [0, 0.05) is 38.0 Å². The average Bonchev–Trinajstić information content (AvgIpc) is 3.17. The summed E-state index contributed by atoms with van der Waals surface area (Å²) in [7, 11) is 0. The standard InChI is InChI=1S/C23H30N6O/c1-5-9-19-25-20(27-12-14-28(15-13-27)22(30)23(2,3)4)18-16-24-29(21(18)26-19)17-10-7-6-8-11-17/h6-8,10-11,16H,5,9,12-15H2,1-4H3. The monoisotopic (exact) mass is 406 g/mol. The van der Waals surface area contributed by atoms with Gasteiger partial charge in [-0.3, -0.25) is 4.79 Å². The number of fused-ring (bicyclic) bond motifs is 1. The van der Waals surface area contributed by atoms with Crippen LogP contribution in [-0.2, 0) is 11.2 Å². The number of aryl methyl sites for hydroxylation is 1. The van der Waals surface area contributed by atoms with E-state index >= 15 is 0 Å². The zero-order chi connectivity index (χ0) is 21.3. The number of hydrogen-bond donors (Lipinski definition) is 0. The van der Waals surface area contributed by atoms with E-state index in [-0.39, 0.29) is 11.3 Å². The molecule has 0 aliphatic carbocycles. The summed E-state index contributed by atoms with van der Waals surface area (Å²) in [5, 5.41) is 5.57. The van der Waals surface area contributed by atoms with Crippen LogP contribution in [0.1, 0.15) is 39.9 Å². The Kier molecular flexibility index (Phi) is 5.45. The van der Waals surface area contributed by atoms with E-state index in [1.54, 1.807) is 0 Å². The minimum atomic E-state index is -0.352. The molecule has 1 amide bonds. The molecule has 0 saturated carbocycles. The number of nitrogens with zero attached hydrogens (tertiary/aromatic N) is 6. The average molecular weight is 407 g/mol. The number of aromatic nitrogens is 4. The summed E-state index contributed by atoms with van der Waals surface area (Å²) >= 11 is 0. The van der Waals surface area contributed by atoms with Gasteiger partial charge >= 0.3 is 0 Å². The van der Waals surface area contributed by atoms with E-state index in [9.17, 15) is 4.79 Å². The molecule has 0 radical (unpaired) electrons. The Morgan fingerprint density at radius 2 is 1.73 bits per heavy atom. The third kappa shape index (κ3) is 3.88. The molecule has 1 aliphatic rings. The normalized spacial score (nSPS) is 15.1. The van der Waals surface area contributed by atoms with E-state index in [0.717, 1.165) is 54.3 Å². The molecule has 7 heteroatoms. The molecule has 1 saturated heterocycles. The van der Waals surface area contributed by atoms with Crippen LogP contribution >= 0.6 is 0 Å². The molecule has 7 nitrogen and oxygen atoms in total. The van der Waals surface area contributed by atoms with Crippen LogP contribution in [-0.4, -0.2) is 56.7 Å². The van der Waals surface area contributed by atoms with E-state index in [1.165, 1.54) is 0 Å². The molecule has 1 aromatic carbocycles. The molecule has 158 valence electrons. The third-order valence-electron chi connectivity index (χ3n) is 5.44. The number of piperazine rings is 1. The highest BCUT2D eigenvalue weighted by atomic mass is 16.2. The molecule has 1 aliphatic heterocycles. The van der Waals surface area contributed by atoms with Crippen LogP contribution in [0.5, 0.6) is 0 Å². The lowest BCUT2D eigenvalue weighted by molar-refractivity contribution is -0.139. The molecule has 3 aromatic rings. The van der Waals surface area contributed by atoms with Crippen molar-refractivity contribution in [2.45, 2.75) is 40.5 Å². The highest BCUT2D eigenvalue weighted by molar-refractivity contribution is 5.88. The fourth-order valence-electron chi connectivity index (χ4n) is 3.87. The molecule has 3 heterocycles. The van der Waals surface area contributed by atoms with Gasteiger partial charge in [-0.1, -0.05) is 45.9 Å². The molecule has 1 fully saturated rings. The number of benzene rings is 1. The molecule has 2 aromatic heterocycles. The van der Waals surface area contributed by atoms with Gasteiger partial charge in [0.05, 0.1) is 17.3 Å². The zero-order valence-corrected chi connectivity index (χ0v) is 18.3. The summed E-state index contributed by atoms with van der Waals surface area (Å²) in [4.78, 5) is 26.6. The fraction of sp³-hybridized carbons (Fsp3) is 0.478. The van der Waals surface area contributed by atoms with Crippen molar-refractivity contribution in [3.05, 3.63) is 42.4 Å². The smallest absolute Gasteiger partial charge is 0.228 e. The number of hydrogen-bond acceptors (Lipinski definition) is 5. The minimum absolute atomic E-state index is 0.207. The number of rotatable bonds is 4. The van der Waals surface area contributed by atoms with Crippen LogP contribution in [0.4, 0.5) is 5.82 Å². The second-order valence-electron chi connectivity index (χ2n) is 8.87. The first-order valence-electron chi connectivity index (χ1n) is 10.7. The maximum absolute atomic E-state index is 12.6. The lowest BCUT2D eigenvalue weighted by atomic mass is 9.94. The SMILES string of the molecule is CCCc1nc(N2CCN(C(=O)C(C)(C)C)CC2)c2cnn(-c3ccccc3)c2n1. The molecule has 0 unspecified atom stereocenters. The van der Waals surface area contributed by atoms with E-state index in [2.05, 4.69) is 16.9 Å². The second-order valence-corrected chi connectivity index (χ2v) is 8.87. The molecule has 0 N–H and O–H groups in total. The Balaban J connectivity index is 1.67. The molecule has 30 heavy (non-hydrogen) atoms. The summed E-state index contributed by atoms with van der Waals surface area (Å²) < 4.78 is 1.89. The van der Waals surface area contributed by atoms with Crippen molar-refractivity contribution >= 4 is 22.8 Å². The molecule has 0 bridgehead atoms. The number of carbonyl (C=O) groups is 1. The van der Waals surface area contributed by atoms with Gasteiger partial charge in [0.15, 0.2) is 5.65 Å². The first kappa shape index (κ1) is 20.3. The van der Waals surface area contributed by atoms with Gasteiger partial charge in [0.25, 0.3) is 0 Å². The Labute approximate surface area is 177 Å². The highest BCUT2D eigenvalue weighted by Gasteiger charge is 2.30. The highest BCUT2D eigenvalue weighted by Crippen LogP contribution is 2.28. The van der Waals surface area contributed by atoms with Gasteiger partial charge < -0.3 is 9.80 Å². The maximum Gasteiger partial charge on any atom is 0.228 e. The van der Waals surface area contributed by atoms with Crippen LogP contribution in [0.15, 0.2) is 36.5 Å². The topological polar surface area (TPSA) is 67.2 Å². The van der Waals surface area contributed by atoms with Crippen LogP contribution in [0.2, 0.25) is 0 Å². The van der Waals surface area contributed by atoms with Crippen LogP contribution in [0, 0.1) is 5.41 Å². The Morgan fingerprint density at radius 3 is 2.37 bits per heavy atom. The van der Waals surface area contributed by atoms with Crippen LogP contribution in [0.25, 0.3) is 16.7 Å². The molecule has 0 spiro atoms. The van der Waals surface area contributed by atoms with Crippen molar-refractivity contribution in [2.75, 3.05) is 31.1 Å². The third-order valence-corrected chi connectivity index (χ3v) is 5.44. The second kappa shape index (κ2) is 8.05. The van der Waals surface area contributed by atoms with Crippen molar-refractivity contribution in [1.82, 2.24) is 24.6 Å². The van der Waals surface area contributed by atoms with Gasteiger partial charge in [-0.05, 0) is 18.6 Å². The summed E-state index contributed by atoms with van der Waals surface area (Å²) in [5.74, 6) is 1.97. The van der Waals surface area contributed by atoms with Crippen LogP contribution < -0.4 is 4.90 Å². The van der Waals surface area contributed by atoms with E-state index in [0.29, 0.717) is 13.1 Å². The molecule has 4 rings (SSSR count). The number of carbonyl (C=O) groups excluding carboxylic acids is 1. The number of para-hydroxylation sites is 1. The Hall–Kier alpha value is -2.96. The van der Waals surface area contributed by atoms with Crippen molar-refractivity contribution in [1.29, 1.82) is 0 Å². The molecular formula is C23H30N6O. The Bertz CT molecular complexity index is 1030. The van der Waals surface area contributed by atoms with E-state index < -0.39 is 0 Å². The van der Waals surface area contributed by atoms with Crippen LogP contribution in [0.3, 0.4) is 0 Å².